The first-order valence-corrected chi connectivity index (χ1v) is 8.80. The van der Waals surface area contributed by atoms with E-state index in [1.54, 1.807) is 13.2 Å². The minimum atomic E-state index is 0. The van der Waals surface area contributed by atoms with E-state index in [1.165, 1.54) is 5.56 Å². The largest absolute Gasteiger partial charge is 0.490 e. The minimum Gasteiger partial charge on any atom is -0.490 e. The highest BCUT2D eigenvalue weighted by atomic mass is 127. The lowest BCUT2D eigenvalue weighted by molar-refractivity contribution is 0.215. The summed E-state index contributed by atoms with van der Waals surface area (Å²) in [4.78, 5) is 4.27. The molecule has 0 fully saturated rings. The number of nitrogens with zero attached hydrogens (tertiary/aromatic N) is 3. The first-order valence-electron chi connectivity index (χ1n) is 8.80. The van der Waals surface area contributed by atoms with Crippen molar-refractivity contribution >= 4 is 29.9 Å². The van der Waals surface area contributed by atoms with Crippen molar-refractivity contribution in [1.29, 1.82) is 0 Å². The van der Waals surface area contributed by atoms with E-state index in [9.17, 15) is 0 Å². The third kappa shape index (κ3) is 7.23. The number of aryl methyl sites for hydroxylation is 1. The Morgan fingerprint density at radius 2 is 2.15 bits per heavy atom. The molecule has 6 nitrogen and oxygen atoms in total. The fourth-order valence-corrected chi connectivity index (χ4v) is 2.34. The van der Waals surface area contributed by atoms with Crippen LogP contribution in [0.2, 0.25) is 0 Å². The van der Waals surface area contributed by atoms with E-state index in [0.29, 0.717) is 6.54 Å². The van der Waals surface area contributed by atoms with E-state index < -0.39 is 0 Å². The number of guanidine groups is 1. The molecule has 1 unspecified atom stereocenters. The average molecular weight is 471 g/mol. The molecule has 26 heavy (non-hydrogen) atoms. The van der Waals surface area contributed by atoms with Crippen molar-refractivity contribution in [3.05, 3.63) is 47.8 Å². The van der Waals surface area contributed by atoms with Gasteiger partial charge in [-0.05, 0) is 38.0 Å². The summed E-state index contributed by atoms with van der Waals surface area (Å²) in [6.45, 7) is 8.51. The second-order valence-electron chi connectivity index (χ2n) is 6.07. The van der Waals surface area contributed by atoms with Gasteiger partial charge in [-0.1, -0.05) is 19.1 Å². The van der Waals surface area contributed by atoms with Crippen molar-refractivity contribution in [3.8, 4) is 5.75 Å². The predicted molar refractivity (Wildman–Crippen MR) is 117 cm³/mol. The highest BCUT2D eigenvalue weighted by Gasteiger charge is 2.08. The zero-order valence-corrected chi connectivity index (χ0v) is 18.4. The molecule has 0 radical (unpaired) electrons. The number of hydrogen-bond donors (Lipinski definition) is 2. The molecule has 0 saturated carbocycles. The number of rotatable bonds is 8. The Kier molecular flexibility index (Phi) is 10.1. The normalized spacial score (nSPS) is 12.2. The highest BCUT2D eigenvalue weighted by molar-refractivity contribution is 14.0. The molecule has 2 rings (SSSR count). The molecule has 1 aromatic carbocycles. The summed E-state index contributed by atoms with van der Waals surface area (Å²) in [5.41, 5.74) is 2.32. The third-order valence-corrected chi connectivity index (χ3v) is 3.99. The number of aliphatic imine (C=N–C) groups is 1. The fourth-order valence-electron chi connectivity index (χ4n) is 2.34. The van der Waals surface area contributed by atoms with Gasteiger partial charge in [0.1, 0.15) is 5.75 Å². The molecule has 0 saturated heterocycles. The number of aromatic nitrogens is 2. The maximum absolute atomic E-state index is 6.06. The summed E-state index contributed by atoms with van der Waals surface area (Å²) in [7, 11) is 1.77. The van der Waals surface area contributed by atoms with Crippen molar-refractivity contribution in [2.24, 2.45) is 4.99 Å². The molecule has 0 aliphatic rings. The monoisotopic (exact) mass is 471 g/mol. The number of benzene rings is 1. The van der Waals surface area contributed by atoms with Gasteiger partial charge in [-0.15, -0.1) is 24.0 Å². The quantitative estimate of drug-likeness (QED) is 0.352. The van der Waals surface area contributed by atoms with Crippen LogP contribution in [0.25, 0.3) is 0 Å². The van der Waals surface area contributed by atoms with Gasteiger partial charge in [0.05, 0.1) is 12.6 Å². The second kappa shape index (κ2) is 11.8. The molecule has 0 aliphatic carbocycles. The van der Waals surface area contributed by atoms with Gasteiger partial charge in [-0.3, -0.25) is 9.67 Å². The molecular weight excluding hydrogens is 441 g/mol. The Balaban J connectivity index is 0.00000338. The second-order valence-corrected chi connectivity index (χ2v) is 6.07. The van der Waals surface area contributed by atoms with Gasteiger partial charge in [0.15, 0.2) is 5.96 Å². The van der Waals surface area contributed by atoms with Crippen LogP contribution in [0.5, 0.6) is 5.75 Å². The molecule has 0 amide bonds. The summed E-state index contributed by atoms with van der Waals surface area (Å²) in [5.74, 6) is 1.70. The summed E-state index contributed by atoms with van der Waals surface area (Å²) < 4.78 is 7.95. The predicted octanol–water partition coefficient (Wildman–Crippen LogP) is 3.35. The van der Waals surface area contributed by atoms with Crippen LogP contribution in [-0.2, 0) is 13.1 Å². The van der Waals surface area contributed by atoms with Crippen molar-refractivity contribution in [3.63, 3.8) is 0 Å². The average Bonchev–Trinajstić information content (AvgIpc) is 3.12. The first kappa shape index (κ1) is 22.3. The van der Waals surface area contributed by atoms with E-state index in [-0.39, 0.29) is 30.1 Å². The molecule has 0 aliphatic heterocycles. The molecule has 2 N–H and O–H groups in total. The van der Waals surface area contributed by atoms with Crippen LogP contribution in [0.4, 0.5) is 0 Å². The van der Waals surface area contributed by atoms with Gasteiger partial charge in [-0.25, -0.2) is 0 Å². The van der Waals surface area contributed by atoms with Gasteiger partial charge in [0, 0.05) is 38.1 Å². The molecule has 0 spiro atoms. The molecule has 0 bridgehead atoms. The van der Waals surface area contributed by atoms with Crippen LogP contribution < -0.4 is 15.4 Å². The van der Waals surface area contributed by atoms with Crippen molar-refractivity contribution in [1.82, 2.24) is 20.4 Å². The van der Waals surface area contributed by atoms with Crippen LogP contribution >= 0.6 is 24.0 Å². The van der Waals surface area contributed by atoms with Gasteiger partial charge >= 0.3 is 0 Å². The van der Waals surface area contributed by atoms with E-state index >= 15 is 0 Å². The van der Waals surface area contributed by atoms with Crippen LogP contribution in [0, 0.1) is 6.92 Å². The maximum atomic E-state index is 6.06. The SMILES string of the molecule is CCC(C)Oc1cc(C)ccc1CNC(=NC)NCCn1cccn1.I. The Morgan fingerprint density at radius 1 is 1.35 bits per heavy atom. The molecule has 1 atom stereocenters. The molecule has 1 aromatic heterocycles. The van der Waals surface area contributed by atoms with Crippen molar-refractivity contribution < 1.29 is 4.74 Å². The topological polar surface area (TPSA) is 63.5 Å². The van der Waals surface area contributed by atoms with Crippen LogP contribution in [0.1, 0.15) is 31.4 Å². The summed E-state index contributed by atoms with van der Waals surface area (Å²) in [6.07, 6.45) is 4.91. The zero-order valence-electron chi connectivity index (χ0n) is 16.0. The smallest absolute Gasteiger partial charge is 0.191 e. The summed E-state index contributed by atoms with van der Waals surface area (Å²) >= 11 is 0. The summed E-state index contributed by atoms with van der Waals surface area (Å²) in [5, 5.41) is 10.8. The zero-order chi connectivity index (χ0) is 18.1. The highest BCUT2D eigenvalue weighted by Crippen LogP contribution is 2.22. The fraction of sp³-hybridized carbons (Fsp3) is 0.474. The summed E-state index contributed by atoms with van der Waals surface area (Å²) in [6, 6.07) is 8.23. The van der Waals surface area contributed by atoms with E-state index in [1.807, 2.05) is 16.9 Å². The molecule has 7 heteroatoms. The standard InChI is InChI=1S/C19H29N5O.HI/c1-5-16(3)25-18-13-15(2)7-8-17(18)14-22-19(20-4)21-10-12-24-11-6-9-23-24;/h6-9,11,13,16H,5,10,12,14H2,1-4H3,(H2,20,21,22);1H. The third-order valence-electron chi connectivity index (χ3n) is 3.99. The lowest BCUT2D eigenvalue weighted by Gasteiger charge is -2.18. The van der Waals surface area contributed by atoms with E-state index in [0.717, 1.165) is 36.8 Å². The Morgan fingerprint density at radius 3 is 2.81 bits per heavy atom. The first-order chi connectivity index (χ1) is 12.1. The minimum absolute atomic E-state index is 0. The molecule has 2 aromatic rings. The molecule has 1 heterocycles. The van der Waals surface area contributed by atoms with Gasteiger partial charge in [-0.2, -0.15) is 5.10 Å². The van der Waals surface area contributed by atoms with Crippen LogP contribution in [-0.4, -0.2) is 35.4 Å². The van der Waals surface area contributed by atoms with Gasteiger partial charge < -0.3 is 15.4 Å². The van der Waals surface area contributed by atoms with Crippen LogP contribution in [0.3, 0.4) is 0 Å². The number of nitrogens with one attached hydrogen (secondary N) is 2. The van der Waals surface area contributed by atoms with Crippen molar-refractivity contribution in [2.45, 2.75) is 46.4 Å². The molecular formula is C19H30IN5O. The number of ether oxygens (including phenoxy) is 1. The Labute approximate surface area is 173 Å². The lowest BCUT2D eigenvalue weighted by atomic mass is 10.1. The van der Waals surface area contributed by atoms with E-state index in [2.05, 4.69) is 59.7 Å². The number of halogens is 1. The Bertz CT molecular complexity index is 673. The lowest BCUT2D eigenvalue weighted by Crippen LogP contribution is -2.38. The van der Waals surface area contributed by atoms with Crippen molar-refractivity contribution in [2.75, 3.05) is 13.6 Å². The molecule has 144 valence electrons. The number of hydrogen-bond acceptors (Lipinski definition) is 3. The van der Waals surface area contributed by atoms with Crippen LogP contribution in [0.15, 0.2) is 41.7 Å². The van der Waals surface area contributed by atoms with Gasteiger partial charge in [0.2, 0.25) is 0 Å². The van der Waals surface area contributed by atoms with E-state index in [4.69, 9.17) is 4.74 Å². The Hall–Kier alpha value is -1.77. The maximum Gasteiger partial charge on any atom is 0.191 e. The van der Waals surface area contributed by atoms with Gasteiger partial charge in [0.25, 0.3) is 0 Å².